The molecule has 1 aromatic carbocycles. The van der Waals surface area contributed by atoms with Crippen LogP contribution in [0.2, 0.25) is 5.02 Å². The van der Waals surface area contributed by atoms with Gasteiger partial charge in [-0.3, -0.25) is 14.0 Å². The van der Waals surface area contributed by atoms with Gasteiger partial charge in [0, 0.05) is 18.8 Å². The lowest BCUT2D eigenvalue weighted by molar-refractivity contribution is 0.103. The molecule has 1 N–H and O–H groups in total. The van der Waals surface area contributed by atoms with Crippen molar-refractivity contribution in [2.75, 3.05) is 0 Å². The van der Waals surface area contributed by atoms with Crippen molar-refractivity contribution in [3.05, 3.63) is 63.8 Å². The Balaban J connectivity index is 2.23. The van der Waals surface area contributed by atoms with Crippen molar-refractivity contribution in [3.8, 4) is 5.82 Å². The van der Waals surface area contributed by atoms with Crippen LogP contribution in [0.3, 0.4) is 0 Å². The summed E-state index contributed by atoms with van der Waals surface area (Å²) >= 11 is 6.18. The fourth-order valence-corrected chi connectivity index (χ4v) is 3.03. The number of imidazole rings is 1. The lowest BCUT2D eigenvalue weighted by atomic mass is 10.0. The van der Waals surface area contributed by atoms with E-state index in [1.165, 1.54) is 0 Å². The number of hydrogen-bond acceptors (Lipinski definition) is 4. The molecule has 0 bridgehead atoms. The SMILES string of the molecule is Cc1cn(-c2c(C(=O)c3ccccc3Cl)c(C)nn2C)c(CO)n1. The monoisotopic (exact) mass is 344 g/mol. The summed E-state index contributed by atoms with van der Waals surface area (Å²) < 4.78 is 3.30. The molecule has 0 aliphatic rings. The lowest BCUT2D eigenvalue weighted by Crippen LogP contribution is -2.12. The molecule has 0 aliphatic heterocycles. The van der Waals surface area contributed by atoms with E-state index in [9.17, 15) is 9.90 Å². The number of aryl methyl sites for hydroxylation is 3. The van der Waals surface area contributed by atoms with Crippen LogP contribution in [0.15, 0.2) is 30.5 Å². The smallest absolute Gasteiger partial charge is 0.200 e. The van der Waals surface area contributed by atoms with Gasteiger partial charge in [-0.05, 0) is 26.0 Å². The molecular formula is C17H17ClN4O2. The highest BCUT2D eigenvalue weighted by atomic mass is 35.5. The van der Waals surface area contributed by atoms with Gasteiger partial charge in [-0.2, -0.15) is 5.10 Å². The van der Waals surface area contributed by atoms with Crippen LogP contribution in [0.5, 0.6) is 0 Å². The Hall–Kier alpha value is -2.44. The molecule has 0 amide bonds. The molecular weight excluding hydrogens is 328 g/mol. The first kappa shape index (κ1) is 16.4. The summed E-state index contributed by atoms with van der Waals surface area (Å²) in [6.45, 7) is 3.36. The molecule has 6 nitrogen and oxygen atoms in total. The summed E-state index contributed by atoms with van der Waals surface area (Å²) in [4.78, 5) is 17.3. The zero-order valence-corrected chi connectivity index (χ0v) is 14.4. The number of carbonyl (C=O) groups is 1. The van der Waals surface area contributed by atoms with Crippen LogP contribution in [0.25, 0.3) is 5.82 Å². The van der Waals surface area contributed by atoms with E-state index in [1.807, 2.05) is 6.92 Å². The molecule has 3 rings (SSSR count). The fraction of sp³-hybridized carbons (Fsp3) is 0.235. The van der Waals surface area contributed by atoms with E-state index in [1.54, 1.807) is 53.7 Å². The summed E-state index contributed by atoms with van der Waals surface area (Å²) in [5.74, 6) is 0.794. The third kappa shape index (κ3) is 2.64. The van der Waals surface area contributed by atoms with Gasteiger partial charge in [0.15, 0.2) is 5.78 Å². The Morgan fingerprint density at radius 1 is 1.29 bits per heavy atom. The summed E-state index contributed by atoms with van der Waals surface area (Å²) in [6, 6.07) is 6.91. The van der Waals surface area contributed by atoms with E-state index in [-0.39, 0.29) is 12.4 Å². The average molecular weight is 345 g/mol. The zero-order valence-electron chi connectivity index (χ0n) is 13.6. The van der Waals surface area contributed by atoms with Crippen molar-refractivity contribution in [2.45, 2.75) is 20.5 Å². The number of hydrogen-bond donors (Lipinski definition) is 1. The first-order chi connectivity index (χ1) is 11.4. The molecule has 0 aliphatic carbocycles. The minimum absolute atomic E-state index is 0.212. The van der Waals surface area contributed by atoms with Crippen LogP contribution in [0.1, 0.15) is 33.1 Å². The molecule has 0 spiro atoms. The highest BCUT2D eigenvalue weighted by Crippen LogP contribution is 2.26. The maximum Gasteiger partial charge on any atom is 0.200 e. The normalized spacial score (nSPS) is 11.0. The van der Waals surface area contributed by atoms with Crippen molar-refractivity contribution in [1.29, 1.82) is 0 Å². The number of rotatable bonds is 4. The maximum atomic E-state index is 13.1. The molecule has 2 heterocycles. The minimum atomic E-state index is -0.238. The Kier molecular flexibility index (Phi) is 4.26. The number of ketones is 1. The van der Waals surface area contributed by atoms with Crippen molar-refractivity contribution in [1.82, 2.24) is 19.3 Å². The second-order valence-electron chi connectivity index (χ2n) is 5.54. The minimum Gasteiger partial charge on any atom is -0.388 e. The number of carbonyl (C=O) groups excluding carboxylic acids is 1. The molecule has 0 saturated carbocycles. The van der Waals surface area contributed by atoms with E-state index >= 15 is 0 Å². The third-order valence-electron chi connectivity index (χ3n) is 3.81. The predicted octanol–water partition coefficient (Wildman–Crippen LogP) is 2.60. The number of halogens is 1. The van der Waals surface area contributed by atoms with Gasteiger partial charge < -0.3 is 5.11 Å². The molecule has 0 unspecified atom stereocenters. The van der Waals surface area contributed by atoms with Crippen LogP contribution in [-0.2, 0) is 13.7 Å². The second kappa shape index (κ2) is 6.22. The van der Waals surface area contributed by atoms with Crippen LogP contribution in [-0.4, -0.2) is 30.2 Å². The van der Waals surface area contributed by atoms with Crippen molar-refractivity contribution < 1.29 is 9.90 Å². The molecule has 0 atom stereocenters. The predicted molar refractivity (Wildman–Crippen MR) is 90.6 cm³/mol. The van der Waals surface area contributed by atoms with E-state index < -0.39 is 0 Å². The van der Waals surface area contributed by atoms with Crippen LogP contribution >= 0.6 is 11.6 Å². The number of nitrogens with zero attached hydrogens (tertiary/aromatic N) is 4. The quantitative estimate of drug-likeness (QED) is 0.738. The molecule has 2 aromatic heterocycles. The molecule has 24 heavy (non-hydrogen) atoms. The van der Waals surface area contributed by atoms with Gasteiger partial charge in [0.1, 0.15) is 18.2 Å². The summed E-state index contributed by atoms with van der Waals surface area (Å²) in [5.41, 5.74) is 2.19. The molecule has 0 saturated heterocycles. The van der Waals surface area contributed by atoms with Gasteiger partial charge >= 0.3 is 0 Å². The average Bonchev–Trinajstić information content (AvgIpc) is 3.05. The second-order valence-corrected chi connectivity index (χ2v) is 5.95. The number of aliphatic hydroxyl groups is 1. The summed E-state index contributed by atoms with van der Waals surface area (Å²) in [6.07, 6.45) is 1.77. The van der Waals surface area contributed by atoms with Gasteiger partial charge in [-0.25, -0.2) is 4.98 Å². The van der Waals surface area contributed by atoms with Crippen molar-refractivity contribution in [3.63, 3.8) is 0 Å². The maximum absolute atomic E-state index is 13.1. The van der Waals surface area contributed by atoms with E-state index in [0.717, 1.165) is 5.69 Å². The Bertz CT molecular complexity index is 927. The van der Waals surface area contributed by atoms with Crippen molar-refractivity contribution >= 4 is 17.4 Å². The number of aromatic nitrogens is 4. The van der Waals surface area contributed by atoms with Gasteiger partial charge in [0.05, 0.1) is 22.0 Å². The van der Waals surface area contributed by atoms with Crippen LogP contribution in [0, 0.1) is 13.8 Å². The Morgan fingerprint density at radius 3 is 2.67 bits per heavy atom. The molecule has 7 heteroatoms. The highest BCUT2D eigenvalue weighted by Gasteiger charge is 2.25. The lowest BCUT2D eigenvalue weighted by Gasteiger charge is -2.10. The topological polar surface area (TPSA) is 72.9 Å². The largest absolute Gasteiger partial charge is 0.388 e. The van der Waals surface area contributed by atoms with E-state index in [2.05, 4.69) is 10.1 Å². The van der Waals surface area contributed by atoms with Crippen LogP contribution in [0.4, 0.5) is 0 Å². The van der Waals surface area contributed by atoms with Gasteiger partial charge in [0.25, 0.3) is 0 Å². The Labute approximate surface area is 144 Å². The van der Waals surface area contributed by atoms with Crippen molar-refractivity contribution in [2.24, 2.45) is 7.05 Å². The molecule has 0 fully saturated rings. The van der Waals surface area contributed by atoms with E-state index in [4.69, 9.17) is 11.6 Å². The Morgan fingerprint density at radius 2 is 2.00 bits per heavy atom. The third-order valence-corrected chi connectivity index (χ3v) is 4.14. The van der Waals surface area contributed by atoms with Gasteiger partial charge in [0.2, 0.25) is 0 Å². The molecule has 0 radical (unpaired) electrons. The zero-order chi connectivity index (χ0) is 17.4. The van der Waals surface area contributed by atoms with Gasteiger partial charge in [-0.15, -0.1) is 0 Å². The number of benzene rings is 1. The van der Waals surface area contributed by atoms with Crippen LogP contribution < -0.4 is 0 Å². The van der Waals surface area contributed by atoms with E-state index in [0.29, 0.717) is 33.5 Å². The summed E-state index contributed by atoms with van der Waals surface area (Å²) in [5, 5.41) is 14.3. The highest BCUT2D eigenvalue weighted by molar-refractivity contribution is 6.35. The van der Waals surface area contributed by atoms with Gasteiger partial charge in [-0.1, -0.05) is 23.7 Å². The first-order valence-electron chi connectivity index (χ1n) is 7.43. The molecule has 3 aromatic rings. The summed E-state index contributed by atoms with van der Waals surface area (Å²) in [7, 11) is 1.75. The number of aliphatic hydroxyl groups excluding tert-OH is 1. The molecule has 124 valence electrons. The fourth-order valence-electron chi connectivity index (χ4n) is 2.81. The first-order valence-corrected chi connectivity index (χ1v) is 7.80. The standard InChI is InChI=1S/C17H17ClN4O2/c1-10-8-22(14(9-23)19-10)17-15(11(2)20-21(17)3)16(24)12-6-4-5-7-13(12)18/h4-8,23H,9H2,1-3H3.